The molecular formula is C11H11BrN2O6S. The van der Waals surface area contributed by atoms with E-state index in [1.165, 1.54) is 6.07 Å². The summed E-state index contributed by atoms with van der Waals surface area (Å²) in [6, 6.07) is 2.37. The maximum absolute atomic E-state index is 12.5. The van der Waals surface area contributed by atoms with Crippen molar-refractivity contribution < 1.29 is 23.2 Å². The van der Waals surface area contributed by atoms with Crippen LogP contribution in [0.4, 0.5) is 5.69 Å². The van der Waals surface area contributed by atoms with E-state index in [4.69, 9.17) is 5.11 Å². The van der Waals surface area contributed by atoms with E-state index in [1.54, 1.807) is 0 Å². The minimum Gasteiger partial charge on any atom is -0.480 e. The van der Waals surface area contributed by atoms with Gasteiger partial charge in [-0.15, -0.1) is 0 Å². The Bertz CT molecular complexity index is 705. The van der Waals surface area contributed by atoms with E-state index in [2.05, 4.69) is 15.9 Å². The lowest BCUT2D eigenvalue weighted by Gasteiger charge is -2.20. The minimum absolute atomic E-state index is 0.0342. The van der Waals surface area contributed by atoms with Crippen LogP contribution in [0.5, 0.6) is 0 Å². The van der Waals surface area contributed by atoms with Gasteiger partial charge in [0.1, 0.15) is 6.04 Å². The molecule has 1 atom stereocenters. The number of aliphatic carboxylic acids is 1. The smallest absolute Gasteiger partial charge is 0.322 e. The third-order valence-electron chi connectivity index (χ3n) is 3.19. The van der Waals surface area contributed by atoms with Crippen LogP contribution >= 0.6 is 15.9 Å². The Morgan fingerprint density at radius 2 is 2.14 bits per heavy atom. The van der Waals surface area contributed by atoms with Crippen molar-refractivity contribution in [1.82, 2.24) is 4.31 Å². The van der Waals surface area contributed by atoms with Crippen LogP contribution in [0.2, 0.25) is 0 Å². The highest BCUT2D eigenvalue weighted by Gasteiger charge is 2.42. The average molecular weight is 379 g/mol. The molecule has 8 nitrogen and oxygen atoms in total. The molecule has 0 unspecified atom stereocenters. The first-order valence-electron chi connectivity index (χ1n) is 5.93. The fourth-order valence-corrected chi connectivity index (χ4v) is 4.39. The summed E-state index contributed by atoms with van der Waals surface area (Å²) in [6.45, 7) is 0.0342. The predicted octanol–water partition coefficient (Wildman–Crippen LogP) is 1.59. The highest BCUT2D eigenvalue weighted by molar-refractivity contribution is 9.10. The number of nitro groups is 1. The van der Waals surface area contributed by atoms with Gasteiger partial charge in [0.2, 0.25) is 0 Å². The molecule has 0 spiro atoms. The Balaban J connectivity index is 2.54. The topological polar surface area (TPSA) is 118 Å². The largest absolute Gasteiger partial charge is 0.480 e. The zero-order chi connectivity index (χ0) is 15.8. The van der Waals surface area contributed by atoms with Crippen LogP contribution in [0.3, 0.4) is 0 Å². The van der Waals surface area contributed by atoms with Gasteiger partial charge in [0.05, 0.1) is 4.92 Å². The lowest BCUT2D eigenvalue weighted by atomic mass is 10.2. The molecule has 1 aliphatic rings. The first-order valence-corrected chi connectivity index (χ1v) is 8.17. The highest BCUT2D eigenvalue weighted by Crippen LogP contribution is 2.33. The summed E-state index contributed by atoms with van der Waals surface area (Å²) < 4.78 is 26.2. The number of carboxylic acids is 1. The molecule has 1 saturated heterocycles. The fourth-order valence-electron chi connectivity index (χ4n) is 2.25. The molecule has 0 amide bonds. The lowest BCUT2D eigenvalue weighted by Crippen LogP contribution is -2.40. The summed E-state index contributed by atoms with van der Waals surface area (Å²) in [4.78, 5) is 20.9. The second-order valence-electron chi connectivity index (χ2n) is 4.48. The molecule has 21 heavy (non-hydrogen) atoms. The Morgan fingerprint density at radius 3 is 2.71 bits per heavy atom. The van der Waals surface area contributed by atoms with Gasteiger partial charge in [0.25, 0.3) is 15.7 Å². The highest BCUT2D eigenvalue weighted by atomic mass is 79.9. The molecule has 0 aromatic heterocycles. The molecule has 1 aromatic rings. The summed E-state index contributed by atoms with van der Waals surface area (Å²) in [5.41, 5.74) is -0.583. The van der Waals surface area contributed by atoms with Crippen molar-refractivity contribution in [2.24, 2.45) is 0 Å². The van der Waals surface area contributed by atoms with Crippen LogP contribution in [0.25, 0.3) is 0 Å². The molecule has 0 radical (unpaired) electrons. The number of carbonyl (C=O) groups is 1. The van der Waals surface area contributed by atoms with Gasteiger partial charge in [-0.2, -0.15) is 4.31 Å². The Hall–Kier alpha value is -1.52. The third-order valence-corrected chi connectivity index (χ3v) is 5.64. The van der Waals surface area contributed by atoms with E-state index in [-0.39, 0.29) is 13.0 Å². The Kier molecular flexibility index (Phi) is 4.30. The number of hydrogen-bond donors (Lipinski definition) is 1. The van der Waals surface area contributed by atoms with Crippen LogP contribution in [0.15, 0.2) is 27.6 Å². The van der Waals surface area contributed by atoms with Crippen molar-refractivity contribution in [3.63, 3.8) is 0 Å². The third kappa shape index (κ3) is 2.92. The molecular weight excluding hydrogens is 368 g/mol. The number of rotatable bonds is 4. The van der Waals surface area contributed by atoms with Gasteiger partial charge in [0.15, 0.2) is 4.90 Å². The summed E-state index contributed by atoms with van der Waals surface area (Å²) in [7, 11) is -4.24. The predicted molar refractivity (Wildman–Crippen MR) is 75.3 cm³/mol. The van der Waals surface area contributed by atoms with Crippen LogP contribution in [-0.4, -0.2) is 41.3 Å². The first kappa shape index (κ1) is 15.9. The molecule has 114 valence electrons. The van der Waals surface area contributed by atoms with E-state index in [0.717, 1.165) is 16.4 Å². The molecule has 10 heteroatoms. The quantitative estimate of drug-likeness (QED) is 0.627. The number of nitrogens with zero attached hydrogens (tertiary/aromatic N) is 2. The molecule has 1 heterocycles. The van der Waals surface area contributed by atoms with Gasteiger partial charge in [-0.3, -0.25) is 14.9 Å². The van der Waals surface area contributed by atoms with Crippen LogP contribution in [0.1, 0.15) is 12.8 Å². The van der Waals surface area contributed by atoms with Crippen molar-refractivity contribution in [3.05, 3.63) is 32.8 Å². The molecule has 1 aromatic carbocycles. The molecule has 1 fully saturated rings. The minimum atomic E-state index is -4.24. The number of carboxylic acid groups (broad SMARTS) is 1. The van der Waals surface area contributed by atoms with E-state index >= 15 is 0 Å². The summed E-state index contributed by atoms with van der Waals surface area (Å²) in [6.07, 6.45) is 0.597. The Morgan fingerprint density at radius 1 is 1.48 bits per heavy atom. The second-order valence-corrected chi connectivity index (χ2v) is 7.26. The average Bonchev–Trinajstić information content (AvgIpc) is 2.88. The van der Waals surface area contributed by atoms with E-state index in [1.807, 2.05) is 0 Å². The molecule has 1 aliphatic heterocycles. The fraction of sp³-hybridized carbons (Fsp3) is 0.364. The number of sulfonamides is 1. The van der Waals surface area contributed by atoms with Crippen LogP contribution < -0.4 is 0 Å². The lowest BCUT2D eigenvalue weighted by molar-refractivity contribution is -0.387. The van der Waals surface area contributed by atoms with Crippen LogP contribution in [0, 0.1) is 10.1 Å². The summed E-state index contributed by atoms with van der Waals surface area (Å²) in [5.74, 6) is -1.25. The van der Waals surface area contributed by atoms with Crippen molar-refractivity contribution in [3.8, 4) is 0 Å². The maximum atomic E-state index is 12.5. The number of halogens is 1. The summed E-state index contributed by atoms with van der Waals surface area (Å²) >= 11 is 3.04. The first-order chi connectivity index (χ1) is 9.75. The van der Waals surface area contributed by atoms with Gasteiger partial charge in [0, 0.05) is 17.1 Å². The van der Waals surface area contributed by atoms with Gasteiger partial charge in [-0.1, -0.05) is 15.9 Å². The molecule has 0 aliphatic carbocycles. The number of benzene rings is 1. The monoisotopic (exact) mass is 378 g/mol. The molecule has 0 saturated carbocycles. The zero-order valence-electron chi connectivity index (χ0n) is 10.6. The van der Waals surface area contributed by atoms with Gasteiger partial charge < -0.3 is 5.11 Å². The van der Waals surface area contributed by atoms with Crippen molar-refractivity contribution in [1.29, 1.82) is 0 Å². The Labute approximate surface area is 128 Å². The van der Waals surface area contributed by atoms with Crippen LogP contribution in [-0.2, 0) is 14.8 Å². The van der Waals surface area contributed by atoms with Crippen molar-refractivity contribution in [2.75, 3.05) is 6.54 Å². The number of hydrogen-bond acceptors (Lipinski definition) is 5. The van der Waals surface area contributed by atoms with E-state index < -0.39 is 37.5 Å². The molecule has 0 bridgehead atoms. The second kappa shape index (κ2) is 5.70. The van der Waals surface area contributed by atoms with Gasteiger partial charge >= 0.3 is 5.97 Å². The summed E-state index contributed by atoms with van der Waals surface area (Å²) in [5, 5.41) is 20.1. The van der Waals surface area contributed by atoms with E-state index in [0.29, 0.717) is 10.9 Å². The van der Waals surface area contributed by atoms with Crippen molar-refractivity contribution in [2.45, 2.75) is 23.8 Å². The number of nitro benzene ring substituents is 1. The molecule has 1 N–H and O–H groups in total. The standard InChI is InChI=1S/C11H11BrN2O6S/c12-7-3-4-10(9(6-7)14(17)18)21(19,20)13-5-1-2-8(13)11(15)16/h3-4,6,8H,1-2,5H2,(H,15,16)/t8-/m1/s1. The van der Waals surface area contributed by atoms with Gasteiger partial charge in [-0.05, 0) is 25.0 Å². The maximum Gasteiger partial charge on any atom is 0.322 e. The van der Waals surface area contributed by atoms with Crippen molar-refractivity contribution >= 4 is 37.6 Å². The van der Waals surface area contributed by atoms with E-state index in [9.17, 15) is 23.3 Å². The zero-order valence-corrected chi connectivity index (χ0v) is 13.0. The SMILES string of the molecule is O=C(O)[C@H]1CCCN1S(=O)(=O)c1ccc(Br)cc1[N+](=O)[O-]. The molecule has 2 rings (SSSR count). The van der Waals surface area contributed by atoms with Gasteiger partial charge in [-0.25, -0.2) is 8.42 Å². The normalized spacial score (nSPS) is 19.6.